The van der Waals surface area contributed by atoms with Gasteiger partial charge in [0, 0.05) is 6.04 Å². The molecule has 0 aromatic heterocycles. The minimum absolute atomic E-state index is 0.885. The molecule has 2 atom stereocenters. The van der Waals surface area contributed by atoms with E-state index in [1.165, 1.54) is 51.5 Å². The quantitative estimate of drug-likeness (QED) is 0.569. The average molecular weight is 183 g/mol. The van der Waals surface area contributed by atoms with Crippen LogP contribution in [0.1, 0.15) is 58.8 Å². The molecule has 0 aromatic rings. The van der Waals surface area contributed by atoms with Crippen molar-refractivity contribution in [3.63, 3.8) is 0 Å². The second-order valence-electron chi connectivity index (χ2n) is 4.38. The van der Waals surface area contributed by atoms with Crippen LogP contribution in [0.2, 0.25) is 0 Å². The molecule has 0 spiro atoms. The van der Waals surface area contributed by atoms with E-state index in [9.17, 15) is 0 Å². The van der Waals surface area contributed by atoms with Crippen molar-refractivity contribution < 1.29 is 0 Å². The lowest BCUT2D eigenvalue weighted by Gasteiger charge is -2.02. The summed E-state index contributed by atoms with van der Waals surface area (Å²) in [4.78, 5) is 0. The third kappa shape index (κ3) is 4.66. The molecule has 13 heavy (non-hydrogen) atoms. The molecule has 2 unspecified atom stereocenters. The summed E-state index contributed by atoms with van der Waals surface area (Å²) in [6, 6.07) is 0.885. The first-order valence-corrected chi connectivity index (χ1v) is 6.11. The highest BCUT2D eigenvalue weighted by atomic mass is 15.0. The molecule has 1 aliphatic carbocycles. The zero-order chi connectivity index (χ0) is 9.52. The molecule has 0 bridgehead atoms. The van der Waals surface area contributed by atoms with E-state index in [1.807, 2.05) is 0 Å². The molecular formula is C12H25N. The van der Waals surface area contributed by atoms with Crippen molar-refractivity contribution in [3.05, 3.63) is 0 Å². The number of rotatable bonds is 8. The third-order valence-corrected chi connectivity index (χ3v) is 3.13. The van der Waals surface area contributed by atoms with E-state index in [0.29, 0.717) is 0 Å². The van der Waals surface area contributed by atoms with Gasteiger partial charge in [0.05, 0.1) is 0 Å². The summed E-state index contributed by atoms with van der Waals surface area (Å²) in [7, 11) is 0. The van der Waals surface area contributed by atoms with E-state index >= 15 is 0 Å². The van der Waals surface area contributed by atoms with E-state index in [4.69, 9.17) is 0 Å². The van der Waals surface area contributed by atoms with Gasteiger partial charge in [-0.2, -0.15) is 0 Å². The van der Waals surface area contributed by atoms with Gasteiger partial charge in [0.1, 0.15) is 0 Å². The lowest BCUT2D eigenvalue weighted by molar-refractivity contribution is 0.562. The Morgan fingerprint density at radius 2 is 1.85 bits per heavy atom. The fourth-order valence-electron chi connectivity index (χ4n) is 1.96. The molecule has 1 nitrogen and oxygen atoms in total. The van der Waals surface area contributed by atoms with Gasteiger partial charge in [-0.1, -0.05) is 46.0 Å². The van der Waals surface area contributed by atoms with Gasteiger partial charge in [-0.05, 0) is 25.3 Å². The summed E-state index contributed by atoms with van der Waals surface area (Å²) in [5.41, 5.74) is 0. The average Bonchev–Trinajstić information content (AvgIpc) is 2.90. The van der Waals surface area contributed by atoms with Gasteiger partial charge in [-0.3, -0.25) is 0 Å². The third-order valence-electron chi connectivity index (χ3n) is 3.13. The molecule has 0 aliphatic heterocycles. The van der Waals surface area contributed by atoms with Gasteiger partial charge in [-0.15, -0.1) is 0 Å². The van der Waals surface area contributed by atoms with Crippen molar-refractivity contribution in [3.8, 4) is 0 Å². The molecule has 1 heteroatoms. The Bertz CT molecular complexity index is 122. The Balaban J connectivity index is 1.75. The summed E-state index contributed by atoms with van der Waals surface area (Å²) in [6.45, 7) is 5.83. The topological polar surface area (TPSA) is 12.0 Å². The van der Waals surface area contributed by atoms with E-state index in [1.54, 1.807) is 0 Å². The zero-order valence-electron chi connectivity index (χ0n) is 9.31. The number of unbranched alkanes of at least 4 members (excludes halogenated alkanes) is 4. The molecule has 0 radical (unpaired) electrons. The van der Waals surface area contributed by atoms with E-state index in [2.05, 4.69) is 19.2 Å². The highest BCUT2D eigenvalue weighted by Crippen LogP contribution is 2.32. The monoisotopic (exact) mass is 183 g/mol. The second-order valence-corrected chi connectivity index (χ2v) is 4.38. The van der Waals surface area contributed by atoms with Crippen LogP contribution in [0.3, 0.4) is 0 Å². The Kier molecular flexibility index (Phi) is 5.45. The minimum atomic E-state index is 0.885. The van der Waals surface area contributed by atoms with Crippen molar-refractivity contribution in [1.82, 2.24) is 5.32 Å². The maximum absolute atomic E-state index is 3.63. The molecule has 0 aromatic carbocycles. The Morgan fingerprint density at radius 3 is 2.46 bits per heavy atom. The summed E-state index contributed by atoms with van der Waals surface area (Å²) < 4.78 is 0. The standard InChI is InChI=1S/C12H25N/c1-3-5-6-7-8-9-13-12-10-11(12)4-2/h11-13H,3-10H2,1-2H3. The molecule has 0 saturated heterocycles. The fourth-order valence-corrected chi connectivity index (χ4v) is 1.96. The van der Waals surface area contributed by atoms with Gasteiger partial charge in [-0.25, -0.2) is 0 Å². The summed E-state index contributed by atoms with van der Waals surface area (Å²) in [5.74, 6) is 1.01. The molecular weight excluding hydrogens is 158 g/mol. The first-order chi connectivity index (χ1) is 6.38. The van der Waals surface area contributed by atoms with Crippen LogP contribution in [-0.4, -0.2) is 12.6 Å². The summed E-state index contributed by atoms with van der Waals surface area (Å²) in [6.07, 6.45) is 9.81. The highest BCUT2D eigenvalue weighted by molar-refractivity contribution is 4.91. The smallest absolute Gasteiger partial charge is 0.00990 e. The molecule has 0 amide bonds. The molecule has 1 N–H and O–H groups in total. The van der Waals surface area contributed by atoms with Crippen molar-refractivity contribution in [2.45, 2.75) is 64.8 Å². The lowest BCUT2D eigenvalue weighted by atomic mass is 10.1. The van der Waals surface area contributed by atoms with Crippen molar-refractivity contribution in [1.29, 1.82) is 0 Å². The zero-order valence-corrected chi connectivity index (χ0v) is 9.31. The van der Waals surface area contributed by atoms with E-state index < -0.39 is 0 Å². The van der Waals surface area contributed by atoms with Gasteiger partial charge >= 0.3 is 0 Å². The maximum Gasteiger partial charge on any atom is 0.00990 e. The van der Waals surface area contributed by atoms with Crippen LogP contribution < -0.4 is 5.32 Å². The normalized spacial score (nSPS) is 26.3. The number of hydrogen-bond acceptors (Lipinski definition) is 1. The van der Waals surface area contributed by atoms with Crippen LogP contribution in [0.5, 0.6) is 0 Å². The second kappa shape index (κ2) is 6.42. The van der Waals surface area contributed by atoms with Crippen LogP contribution in [0.4, 0.5) is 0 Å². The van der Waals surface area contributed by atoms with Crippen LogP contribution in [0.25, 0.3) is 0 Å². The molecule has 1 rings (SSSR count). The molecule has 1 saturated carbocycles. The first-order valence-electron chi connectivity index (χ1n) is 6.11. The van der Waals surface area contributed by atoms with Gasteiger partial charge in [0.25, 0.3) is 0 Å². The molecule has 78 valence electrons. The molecule has 1 aliphatic rings. The Morgan fingerprint density at radius 1 is 1.08 bits per heavy atom. The minimum Gasteiger partial charge on any atom is -0.314 e. The predicted octanol–water partition coefficient (Wildman–Crippen LogP) is 3.34. The van der Waals surface area contributed by atoms with Crippen LogP contribution in [0, 0.1) is 5.92 Å². The van der Waals surface area contributed by atoms with Crippen molar-refractivity contribution in [2.75, 3.05) is 6.54 Å². The first kappa shape index (κ1) is 11.0. The molecule has 0 heterocycles. The van der Waals surface area contributed by atoms with E-state index in [0.717, 1.165) is 12.0 Å². The SMILES string of the molecule is CCCCCCCNC1CC1CC. The highest BCUT2D eigenvalue weighted by Gasteiger charge is 2.34. The van der Waals surface area contributed by atoms with Gasteiger partial charge < -0.3 is 5.32 Å². The Labute approximate surface area is 83.3 Å². The van der Waals surface area contributed by atoms with Crippen LogP contribution in [-0.2, 0) is 0 Å². The van der Waals surface area contributed by atoms with Crippen LogP contribution in [0.15, 0.2) is 0 Å². The largest absolute Gasteiger partial charge is 0.314 e. The van der Waals surface area contributed by atoms with Crippen molar-refractivity contribution >= 4 is 0 Å². The number of nitrogens with one attached hydrogen (secondary N) is 1. The molecule has 1 fully saturated rings. The summed E-state index contributed by atoms with van der Waals surface area (Å²) >= 11 is 0. The Hall–Kier alpha value is -0.0400. The summed E-state index contributed by atoms with van der Waals surface area (Å²) in [5, 5.41) is 3.63. The van der Waals surface area contributed by atoms with Gasteiger partial charge in [0.15, 0.2) is 0 Å². The van der Waals surface area contributed by atoms with Crippen molar-refractivity contribution in [2.24, 2.45) is 5.92 Å². The lowest BCUT2D eigenvalue weighted by Crippen LogP contribution is -2.19. The van der Waals surface area contributed by atoms with Gasteiger partial charge in [0.2, 0.25) is 0 Å². The fraction of sp³-hybridized carbons (Fsp3) is 1.00. The maximum atomic E-state index is 3.63. The predicted molar refractivity (Wildman–Crippen MR) is 58.9 cm³/mol. The number of hydrogen-bond donors (Lipinski definition) is 1. The van der Waals surface area contributed by atoms with E-state index in [-0.39, 0.29) is 0 Å². The van der Waals surface area contributed by atoms with Crippen LogP contribution >= 0.6 is 0 Å².